The topological polar surface area (TPSA) is 72.2 Å². The molecule has 0 radical (unpaired) electrons. The standard InChI is InChI=1S/C17H20F3N5O2/c1-23-8-2-4-13(23)14(26)24-10-5-16(6-11-24,25-9-3-7-22-25)15(27)21-12-17(18,19)20/h2-4,7-9H,5-6,10-12H2,1H3,(H,21,27). The van der Waals surface area contributed by atoms with Crippen LogP contribution in [0, 0.1) is 0 Å². The summed E-state index contributed by atoms with van der Waals surface area (Å²) in [6.07, 6.45) is 0.644. The molecule has 146 valence electrons. The third-order valence-electron chi connectivity index (χ3n) is 4.86. The Morgan fingerprint density at radius 1 is 1.22 bits per heavy atom. The van der Waals surface area contributed by atoms with Gasteiger partial charge in [0.05, 0.1) is 0 Å². The number of carbonyl (C=O) groups is 2. The summed E-state index contributed by atoms with van der Waals surface area (Å²) in [6.45, 7) is -0.923. The Morgan fingerprint density at radius 3 is 2.44 bits per heavy atom. The lowest BCUT2D eigenvalue weighted by Gasteiger charge is -2.40. The van der Waals surface area contributed by atoms with Gasteiger partial charge in [0, 0.05) is 38.7 Å². The van der Waals surface area contributed by atoms with E-state index < -0.39 is 24.2 Å². The maximum atomic E-state index is 12.6. The maximum absolute atomic E-state index is 12.6. The Labute approximate surface area is 153 Å². The number of aromatic nitrogens is 3. The van der Waals surface area contributed by atoms with E-state index in [9.17, 15) is 22.8 Å². The summed E-state index contributed by atoms with van der Waals surface area (Å²) in [5, 5.41) is 6.05. The van der Waals surface area contributed by atoms with Gasteiger partial charge in [-0.3, -0.25) is 14.3 Å². The lowest BCUT2D eigenvalue weighted by atomic mass is 9.86. The fourth-order valence-electron chi connectivity index (χ4n) is 3.35. The summed E-state index contributed by atoms with van der Waals surface area (Å²) < 4.78 is 40.7. The summed E-state index contributed by atoms with van der Waals surface area (Å²) in [5.41, 5.74) is -0.733. The fraction of sp³-hybridized carbons (Fsp3) is 0.471. The summed E-state index contributed by atoms with van der Waals surface area (Å²) in [4.78, 5) is 26.9. The number of carbonyl (C=O) groups excluding carboxylic acids is 2. The van der Waals surface area contributed by atoms with E-state index in [2.05, 4.69) is 5.10 Å². The summed E-state index contributed by atoms with van der Waals surface area (Å²) >= 11 is 0. The quantitative estimate of drug-likeness (QED) is 0.871. The number of alkyl halides is 3. The first-order valence-electron chi connectivity index (χ1n) is 8.49. The molecule has 0 unspecified atom stereocenters. The SMILES string of the molecule is Cn1cccc1C(=O)N1CCC(C(=O)NCC(F)(F)F)(n2cccn2)CC1. The van der Waals surface area contributed by atoms with Gasteiger partial charge in [-0.1, -0.05) is 0 Å². The molecule has 2 aromatic rings. The molecule has 7 nitrogen and oxygen atoms in total. The third kappa shape index (κ3) is 3.83. The first kappa shape index (κ1) is 19.0. The van der Waals surface area contributed by atoms with Crippen molar-refractivity contribution in [3.8, 4) is 0 Å². The largest absolute Gasteiger partial charge is 0.405 e. The van der Waals surface area contributed by atoms with Crippen molar-refractivity contribution in [2.75, 3.05) is 19.6 Å². The van der Waals surface area contributed by atoms with Crippen LogP contribution in [0.3, 0.4) is 0 Å². The molecule has 1 saturated heterocycles. The second-order valence-electron chi connectivity index (χ2n) is 6.58. The number of likely N-dealkylation sites (tertiary alicyclic amines) is 1. The molecule has 1 aliphatic rings. The molecule has 27 heavy (non-hydrogen) atoms. The number of amides is 2. The second kappa shape index (κ2) is 7.09. The van der Waals surface area contributed by atoms with Crippen molar-refractivity contribution >= 4 is 11.8 Å². The molecule has 0 saturated carbocycles. The van der Waals surface area contributed by atoms with E-state index in [0.717, 1.165) is 0 Å². The maximum Gasteiger partial charge on any atom is 0.405 e. The van der Waals surface area contributed by atoms with Crippen molar-refractivity contribution in [2.45, 2.75) is 24.6 Å². The predicted molar refractivity (Wildman–Crippen MR) is 89.8 cm³/mol. The molecule has 0 bridgehead atoms. The molecular formula is C17H20F3N5O2. The number of hydrogen-bond donors (Lipinski definition) is 1. The summed E-state index contributed by atoms with van der Waals surface area (Å²) in [7, 11) is 1.76. The van der Waals surface area contributed by atoms with E-state index in [1.807, 2.05) is 5.32 Å². The average Bonchev–Trinajstić information content (AvgIpc) is 3.30. The summed E-state index contributed by atoms with van der Waals surface area (Å²) in [6, 6.07) is 5.07. The highest BCUT2D eigenvalue weighted by Crippen LogP contribution is 2.31. The zero-order chi connectivity index (χ0) is 19.7. The van der Waals surface area contributed by atoms with Gasteiger partial charge in [0.15, 0.2) is 0 Å². The van der Waals surface area contributed by atoms with Gasteiger partial charge in [0.2, 0.25) is 5.91 Å². The molecule has 0 aliphatic carbocycles. The molecule has 1 N–H and O–H groups in total. The second-order valence-corrected chi connectivity index (χ2v) is 6.58. The van der Waals surface area contributed by atoms with Crippen LogP contribution in [0.25, 0.3) is 0 Å². The van der Waals surface area contributed by atoms with Crippen LogP contribution in [0.5, 0.6) is 0 Å². The third-order valence-corrected chi connectivity index (χ3v) is 4.86. The van der Waals surface area contributed by atoms with Crippen LogP contribution in [0.15, 0.2) is 36.8 Å². The molecule has 2 amide bonds. The van der Waals surface area contributed by atoms with Crippen molar-refractivity contribution in [2.24, 2.45) is 7.05 Å². The molecular weight excluding hydrogens is 363 g/mol. The van der Waals surface area contributed by atoms with E-state index in [-0.39, 0.29) is 31.8 Å². The highest BCUT2D eigenvalue weighted by molar-refractivity contribution is 5.93. The Kier molecular flexibility index (Phi) is 4.99. The van der Waals surface area contributed by atoms with Crippen molar-refractivity contribution < 1.29 is 22.8 Å². The van der Waals surface area contributed by atoms with Crippen LogP contribution in [0.2, 0.25) is 0 Å². The monoisotopic (exact) mass is 383 g/mol. The Balaban J connectivity index is 1.76. The van der Waals surface area contributed by atoms with Crippen molar-refractivity contribution in [3.05, 3.63) is 42.5 Å². The van der Waals surface area contributed by atoms with E-state index in [0.29, 0.717) is 5.69 Å². The number of aryl methyl sites for hydroxylation is 1. The molecule has 2 aromatic heterocycles. The summed E-state index contributed by atoms with van der Waals surface area (Å²) in [5.74, 6) is -0.915. The Bertz CT molecular complexity index is 805. The lowest BCUT2D eigenvalue weighted by molar-refractivity contribution is -0.146. The Morgan fingerprint density at radius 2 is 1.93 bits per heavy atom. The smallest absolute Gasteiger partial charge is 0.347 e. The molecule has 1 aliphatic heterocycles. The van der Waals surface area contributed by atoms with Gasteiger partial charge in [-0.15, -0.1) is 0 Å². The minimum Gasteiger partial charge on any atom is -0.347 e. The van der Waals surface area contributed by atoms with Gasteiger partial charge in [-0.2, -0.15) is 18.3 Å². The van der Waals surface area contributed by atoms with Gasteiger partial charge in [0.25, 0.3) is 5.91 Å². The molecule has 10 heteroatoms. The molecule has 3 rings (SSSR count). The number of nitrogens with one attached hydrogen (secondary N) is 1. The van der Waals surface area contributed by atoms with Crippen molar-refractivity contribution in [1.82, 2.24) is 24.6 Å². The van der Waals surface area contributed by atoms with Crippen LogP contribution in [-0.2, 0) is 17.4 Å². The highest BCUT2D eigenvalue weighted by atomic mass is 19.4. The first-order valence-corrected chi connectivity index (χ1v) is 8.49. The van der Waals surface area contributed by atoms with Gasteiger partial charge >= 0.3 is 6.18 Å². The van der Waals surface area contributed by atoms with Crippen LogP contribution in [0.4, 0.5) is 13.2 Å². The number of hydrogen-bond acceptors (Lipinski definition) is 3. The van der Waals surface area contributed by atoms with Gasteiger partial charge in [-0.25, -0.2) is 0 Å². The normalized spacial score (nSPS) is 17.0. The first-order chi connectivity index (χ1) is 12.7. The van der Waals surface area contributed by atoms with Crippen LogP contribution >= 0.6 is 0 Å². The zero-order valence-corrected chi connectivity index (χ0v) is 14.7. The molecule has 0 aromatic carbocycles. The lowest BCUT2D eigenvalue weighted by Crippen LogP contribution is -2.57. The number of nitrogens with zero attached hydrogens (tertiary/aromatic N) is 4. The van der Waals surface area contributed by atoms with Gasteiger partial charge in [-0.05, 0) is 31.0 Å². The fourth-order valence-corrected chi connectivity index (χ4v) is 3.35. The minimum absolute atomic E-state index is 0.174. The predicted octanol–water partition coefficient (Wildman–Crippen LogP) is 1.53. The molecule has 3 heterocycles. The minimum atomic E-state index is -4.50. The van der Waals surface area contributed by atoms with Crippen LogP contribution in [0.1, 0.15) is 23.3 Å². The molecule has 1 fully saturated rings. The van der Waals surface area contributed by atoms with Crippen LogP contribution in [-0.4, -0.2) is 56.9 Å². The van der Waals surface area contributed by atoms with E-state index >= 15 is 0 Å². The van der Waals surface area contributed by atoms with Crippen molar-refractivity contribution in [3.63, 3.8) is 0 Å². The number of halogens is 3. The Hall–Kier alpha value is -2.78. The average molecular weight is 383 g/mol. The highest BCUT2D eigenvalue weighted by Gasteiger charge is 2.45. The van der Waals surface area contributed by atoms with E-state index in [1.54, 1.807) is 47.1 Å². The molecule has 0 atom stereocenters. The van der Waals surface area contributed by atoms with Crippen LogP contribution < -0.4 is 5.32 Å². The number of rotatable bonds is 4. The van der Waals surface area contributed by atoms with E-state index in [4.69, 9.17) is 0 Å². The van der Waals surface area contributed by atoms with Gasteiger partial charge in [0.1, 0.15) is 17.8 Å². The van der Waals surface area contributed by atoms with Crippen molar-refractivity contribution in [1.29, 1.82) is 0 Å². The zero-order valence-electron chi connectivity index (χ0n) is 14.7. The number of piperidine rings is 1. The van der Waals surface area contributed by atoms with E-state index in [1.165, 1.54) is 10.9 Å². The van der Waals surface area contributed by atoms with Gasteiger partial charge < -0.3 is 14.8 Å². The molecule has 0 spiro atoms.